The summed E-state index contributed by atoms with van der Waals surface area (Å²) in [7, 11) is 3.23. The van der Waals surface area contributed by atoms with Gasteiger partial charge in [-0.1, -0.05) is 0 Å². The Balaban J connectivity index is 0.00000676. The molecule has 158 valence electrons. The van der Waals surface area contributed by atoms with Crippen LogP contribution in [0.3, 0.4) is 0 Å². The monoisotopic (exact) mass is 499 g/mol. The molecule has 1 aliphatic heterocycles. The number of rotatable bonds is 6. The number of guanidine groups is 1. The van der Waals surface area contributed by atoms with Gasteiger partial charge in [-0.25, -0.2) is 4.79 Å². The number of methoxy groups -OCH3 is 1. The highest BCUT2D eigenvalue weighted by Gasteiger charge is 2.28. The number of nitrogens with zero attached hydrogens (tertiary/aromatic N) is 2. The molecule has 0 bridgehead atoms. The molecule has 0 aliphatic carbocycles. The van der Waals surface area contributed by atoms with Crippen LogP contribution in [0.15, 0.2) is 4.99 Å². The van der Waals surface area contributed by atoms with Crippen LogP contribution in [0.25, 0.3) is 0 Å². The van der Waals surface area contributed by atoms with Crippen molar-refractivity contribution in [3.8, 4) is 0 Å². The molecule has 1 heterocycles. The minimum Gasteiger partial charge on any atom is -0.444 e. The van der Waals surface area contributed by atoms with Crippen LogP contribution in [0, 0.1) is 0 Å². The van der Waals surface area contributed by atoms with E-state index < -0.39 is 5.60 Å². The van der Waals surface area contributed by atoms with Gasteiger partial charge >= 0.3 is 6.09 Å². The summed E-state index contributed by atoms with van der Waals surface area (Å²) in [6.45, 7) is 7.84. The smallest absolute Gasteiger partial charge is 0.410 e. The largest absolute Gasteiger partial charge is 0.444 e. The molecule has 10 heteroatoms. The number of ether oxygens (including phenoxy) is 2. The summed E-state index contributed by atoms with van der Waals surface area (Å²) in [6.07, 6.45) is 1.50. The van der Waals surface area contributed by atoms with Gasteiger partial charge in [0.15, 0.2) is 5.96 Å². The number of carbonyl (C=O) groups is 2. The quantitative estimate of drug-likeness (QED) is 0.218. The van der Waals surface area contributed by atoms with E-state index in [4.69, 9.17) is 9.47 Å². The van der Waals surface area contributed by atoms with Crippen LogP contribution in [0.5, 0.6) is 0 Å². The molecule has 1 atom stereocenters. The van der Waals surface area contributed by atoms with E-state index in [1.165, 1.54) is 0 Å². The fourth-order valence-electron chi connectivity index (χ4n) is 2.49. The third-order valence-corrected chi connectivity index (χ3v) is 3.68. The Bertz CT molecular complexity index is 496. The molecule has 9 nitrogen and oxygen atoms in total. The zero-order valence-corrected chi connectivity index (χ0v) is 19.3. The summed E-state index contributed by atoms with van der Waals surface area (Å²) in [5.41, 5.74) is -0.509. The molecule has 3 N–H and O–H groups in total. The van der Waals surface area contributed by atoms with Crippen molar-refractivity contribution in [2.75, 3.05) is 46.9 Å². The third-order valence-electron chi connectivity index (χ3n) is 3.68. The number of hydrogen-bond acceptors (Lipinski definition) is 5. The highest BCUT2D eigenvalue weighted by atomic mass is 127. The molecular weight excluding hydrogens is 465 g/mol. The Morgan fingerprint density at radius 1 is 1.26 bits per heavy atom. The summed E-state index contributed by atoms with van der Waals surface area (Å²) >= 11 is 0. The van der Waals surface area contributed by atoms with Crippen molar-refractivity contribution < 1.29 is 19.1 Å². The maximum atomic E-state index is 12.2. The number of nitrogens with one attached hydrogen (secondary N) is 3. The van der Waals surface area contributed by atoms with E-state index in [1.54, 1.807) is 19.1 Å². The molecule has 1 aliphatic rings. The first-order chi connectivity index (χ1) is 12.2. The van der Waals surface area contributed by atoms with Gasteiger partial charge in [0.2, 0.25) is 5.91 Å². The number of carbonyl (C=O) groups excluding carboxylic acids is 2. The van der Waals surface area contributed by atoms with Gasteiger partial charge in [0.25, 0.3) is 0 Å². The van der Waals surface area contributed by atoms with Crippen molar-refractivity contribution in [3.63, 3.8) is 0 Å². The third kappa shape index (κ3) is 11.2. The Morgan fingerprint density at radius 2 is 1.96 bits per heavy atom. The first kappa shape index (κ1) is 25.7. The van der Waals surface area contributed by atoms with E-state index >= 15 is 0 Å². The highest BCUT2D eigenvalue weighted by molar-refractivity contribution is 14.0. The van der Waals surface area contributed by atoms with Crippen molar-refractivity contribution in [2.24, 2.45) is 4.99 Å². The molecule has 0 aromatic rings. The SMILES string of the molecule is CN=C(NCC(=O)NCCOC)NC1CCCN(C(=O)OC(C)(C)C)C1.I. The first-order valence-electron chi connectivity index (χ1n) is 8.96. The van der Waals surface area contributed by atoms with E-state index in [0.29, 0.717) is 32.2 Å². The molecule has 1 fully saturated rings. The molecule has 0 radical (unpaired) electrons. The predicted molar refractivity (Wildman–Crippen MR) is 116 cm³/mol. The number of halogens is 1. The normalized spacial score (nSPS) is 17.6. The topological polar surface area (TPSA) is 104 Å². The van der Waals surface area contributed by atoms with Crippen LogP contribution in [0.2, 0.25) is 0 Å². The van der Waals surface area contributed by atoms with Crippen LogP contribution in [0.4, 0.5) is 4.79 Å². The first-order valence-corrected chi connectivity index (χ1v) is 8.96. The van der Waals surface area contributed by atoms with Gasteiger partial charge in [-0.3, -0.25) is 9.79 Å². The van der Waals surface area contributed by atoms with Gasteiger partial charge in [0.05, 0.1) is 13.2 Å². The van der Waals surface area contributed by atoms with Crippen LogP contribution in [-0.4, -0.2) is 81.4 Å². The zero-order valence-electron chi connectivity index (χ0n) is 17.0. The standard InChI is InChI=1S/C17H33N5O4.HI/c1-17(2,3)26-16(24)22-9-6-7-13(12-22)21-15(18-4)20-11-14(23)19-8-10-25-5;/h13H,6-12H2,1-5H3,(H,19,23)(H2,18,20,21);1H. The van der Waals surface area contributed by atoms with E-state index in [2.05, 4.69) is 20.9 Å². The lowest BCUT2D eigenvalue weighted by atomic mass is 10.1. The molecule has 1 rings (SSSR count). The second kappa shape index (κ2) is 13.0. The molecule has 0 aromatic heterocycles. The zero-order chi connectivity index (χ0) is 19.6. The summed E-state index contributed by atoms with van der Waals surface area (Å²) < 4.78 is 10.3. The summed E-state index contributed by atoms with van der Waals surface area (Å²) in [5.74, 6) is 0.395. The van der Waals surface area contributed by atoms with Crippen LogP contribution in [0.1, 0.15) is 33.6 Å². The highest BCUT2D eigenvalue weighted by Crippen LogP contribution is 2.15. The summed E-state index contributed by atoms with van der Waals surface area (Å²) in [5, 5.41) is 8.97. The molecule has 2 amide bonds. The Labute approximate surface area is 179 Å². The Morgan fingerprint density at radius 3 is 2.56 bits per heavy atom. The van der Waals surface area contributed by atoms with Gasteiger partial charge in [0, 0.05) is 39.8 Å². The number of likely N-dealkylation sites (tertiary alicyclic amines) is 1. The lowest BCUT2D eigenvalue weighted by Gasteiger charge is -2.35. The van der Waals surface area contributed by atoms with E-state index in [-0.39, 0.29) is 48.6 Å². The van der Waals surface area contributed by atoms with Crippen molar-refractivity contribution in [1.82, 2.24) is 20.9 Å². The molecule has 0 saturated carbocycles. The van der Waals surface area contributed by atoms with Crippen molar-refractivity contribution in [2.45, 2.75) is 45.3 Å². The minimum atomic E-state index is -0.509. The number of hydrogen-bond donors (Lipinski definition) is 3. The second-order valence-electron chi connectivity index (χ2n) is 7.18. The van der Waals surface area contributed by atoms with Crippen LogP contribution in [-0.2, 0) is 14.3 Å². The van der Waals surface area contributed by atoms with Gasteiger partial charge < -0.3 is 30.3 Å². The molecule has 1 unspecified atom stereocenters. The number of amides is 2. The maximum Gasteiger partial charge on any atom is 0.410 e. The molecular formula is C17H34IN5O4. The van der Waals surface area contributed by atoms with Gasteiger partial charge in [-0.2, -0.15) is 0 Å². The van der Waals surface area contributed by atoms with Crippen LogP contribution >= 0.6 is 24.0 Å². The predicted octanol–water partition coefficient (Wildman–Crippen LogP) is 0.932. The summed E-state index contributed by atoms with van der Waals surface area (Å²) in [4.78, 5) is 29.8. The van der Waals surface area contributed by atoms with Gasteiger partial charge in [-0.05, 0) is 33.6 Å². The fourth-order valence-corrected chi connectivity index (χ4v) is 2.49. The van der Waals surface area contributed by atoms with E-state index in [9.17, 15) is 9.59 Å². The molecule has 27 heavy (non-hydrogen) atoms. The molecule has 1 saturated heterocycles. The van der Waals surface area contributed by atoms with Gasteiger partial charge in [-0.15, -0.1) is 24.0 Å². The Hall–Kier alpha value is -1.30. The van der Waals surface area contributed by atoms with Crippen molar-refractivity contribution in [3.05, 3.63) is 0 Å². The minimum absolute atomic E-state index is 0. The summed E-state index contributed by atoms with van der Waals surface area (Å²) in [6, 6.07) is 0.0546. The molecule has 0 aromatic carbocycles. The van der Waals surface area contributed by atoms with Gasteiger partial charge in [0.1, 0.15) is 5.60 Å². The number of aliphatic imine (C=N–C) groups is 1. The van der Waals surface area contributed by atoms with Crippen molar-refractivity contribution in [1.29, 1.82) is 0 Å². The van der Waals surface area contributed by atoms with Crippen LogP contribution < -0.4 is 16.0 Å². The lowest BCUT2D eigenvalue weighted by Crippen LogP contribution is -2.54. The average molecular weight is 499 g/mol. The van der Waals surface area contributed by atoms with E-state index in [1.807, 2.05) is 20.8 Å². The fraction of sp³-hybridized carbons (Fsp3) is 0.824. The lowest BCUT2D eigenvalue weighted by molar-refractivity contribution is -0.120. The average Bonchev–Trinajstić information content (AvgIpc) is 2.57. The number of piperidine rings is 1. The van der Waals surface area contributed by atoms with E-state index in [0.717, 1.165) is 12.8 Å². The Kier molecular flexibility index (Phi) is 12.4. The van der Waals surface area contributed by atoms with Crippen molar-refractivity contribution >= 4 is 41.9 Å². The maximum absolute atomic E-state index is 12.2. The molecule has 0 spiro atoms. The second-order valence-corrected chi connectivity index (χ2v) is 7.18.